The van der Waals surface area contributed by atoms with Gasteiger partial charge >= 0.3 is 0 Å². The van der Waals surface area contributed by atoms with Crippen LogP contribution < -0.4 is 16.0 Å². The van der Waals surface area contributed by atoms with Crippen LogP contribution in [-0.2, 0) is 30.3 Å². The van der Waals surface area contributed by atoms with Crippen LogP contribution in [0.3, 0.4) is 0 Å². The van der Waals surface area contributed by atoms with Gasteiger partial charge in [0.1, 0.15) is 23.8 Å². The molecule has 1 aromatic rings. The summed E-state index contributed by atoms with van der Waals surface area (Å²) in [5, 5.41) is 17.8. The molecule has 0 aliphatic carbocycles. The van der Waals surface area contributed by atoms with Crippen molar-refractivity contribution in [3.63, 3.8) is 0 Å². The molecule has 0 saturated carbocycles. The van der Waals surface area contributed by atoms with Gasteiger partial charge in [0, 0.05) is 6.42 Å². The Kier molecular flexibility index (Phi) is 10.6. The first-order valence-corrected chi connectivity index (χ1v) is 12.6. The number of carbonyl (C=O) groups excluding carboxylic acids is 4. The van der Waals surface area contributed by atoms with Gasteiger partial charge in [-0.05, 0) is 44.1 Å². The standard InChI is InChI=1S/C27H41N3O6/c1-16(2)12-20(23(32)27(6)15-36-27)28-26(35)22(14-19-10-8-7-9-11-19)30-25(34)21(13-17(3)4)29-24(33)18(5)31/h7-11,16-18,20-22,31H,12-15H2,1-6H3,(H,28,35)(H,29,33)(H,30,34)/t18-,20?,21?,22-,27+/m0/s1. The molecule has 0 spiro atoms. The highest BCUT2D eigenvalue weighted by Crippen LogP contribution is 2.29. The molecule has 1 aromatic carbocycles. The first-order valence-electron chi connectivity index (χ1n) is 12.6. The maximum Gasteiger partial charge on any atom is 0.249 e. The molecule has 9 heteroatoms. The number of amides is 3. The molecule has 36 heavy (non-hydrogen) atoms. The summed E-state index contributed by atoms with van der Waals surface area (Å²) < 4.78 is 5.32. The zero-order valence-electron chi connectivity index (χ0n) is 22.2. The lowest BCUT2D eigenvalue weighted by Crippen LogP contribution is -2.58. The molecule has 1 aliphatic rings. The van der Waals surface area contributed by atoms with Gasteiger partial charge in [0.2, 0.25) is 17.7 Å². The Morgan fingerprint density at radius 2 is 1.31 bits per heavy atom. The van der Waals surface area contributed by atoms with E-state index >= 15 is 0 Å². The molecule has 0 bridgehead atoms. The molecular formula is C27H41N3O6. The fraction of sp³-hybridized carbons (Fsp3) is 0.630. The van der Waals surface area contributed by atoms with E-state index in [0.29, 0.717) is 19.4 Å². The highest BCUT2D eigenvalue weighted by molar-refractivity contribution is 5.98. The van der Waals surface area contributed by atoms with Crippen LogP contribution >= 0.6 is 0 Å². The van der Waals surface area contributed by atoms with Crippen LogP contribution in [0.15, 0.2) is 30.3 Å². The topological polar surface area (TPSA) is 137 Å². The molecule has 200 valence electrons. The zero-order valence-corrected chi connectivity index (χ0v) is 22.2. The second kappa shape index (κ2) is 13.0. The maximum absolute atomic E-state index is 13.5. The van der Waals surface area contributed by atoms with Crippen molar-refractivity contribution in [2.24, 2.45) is 11.8 Å². The summed E-state index contributed by atoms with van der Waals surface area (Å²) in [6, 6.07) is 6.58. The largest absolute Gasteiger partial charge is 0.384 e. The Morgan fingerprint density at radius 1 is 0.833 bits per heavy atom. The third kappa shape index (κ3) is 9.02. The number of ketones is 1. The van der Waals surface area contributed by atoms with Crippen molar-refractivity contribution in [1.82, 2.24) is 16.0 Å². The van der Waals surface area contributed by atoms with Gasteiger partial charge in [0.15, 0.2) is 5.78 Å². The number of ether oxygens (including phenoxy) is 1. The van der Waals surface area contributed by atoms with Crippen LogP contribution in [0.1, 0.15) is 59.9 Å². The Balaban J connectivity index is 2.25. The molecule has 2 unspecified atom stereocenters. The van der Waals surface area contributed by atoms with Crippen molar-refractivity contribution >= 4 is 23.5 Å². The number of nitrogens with one attached hydrogen (secondary N) is 3. The zero-order chi connectivity index (χ0) is 27.0. The van der Waals surface area contributed by atoms with Crippen LogP contribution in [0.4, 0.5) is 0 Å². The van der Waals surface area contributed by atoms with E-state index in [1.807, 2.05) is 58.0 Å². The van der Waals surface area contributed by atoms with Crippen LogP contribution in [-0.4, -0.2) is 65.0 Å². The Morgan fingerprint density at radius 3 is 1.81 bits per heavy atom. The molecule has 1 aliphatic heterocycles. The molecular weight excluding hydrogens is 462 g/mol. The van der Waals surface area contributed by atoms with E-state index in [1.165, 1.54) is 6.92 Å². The number of benzene rings is 1. The molecule has 0 aromatic heterocycles. The second-order valence-corrected chi connectivity index (χ2v) is 10.7. The molecule has 4 N–H and O–H groups in total. The summed E-state index contributed by atoms with van der Waals surface area (Å²) in [7, 11) is 0. The molecule has 5 atom stereocenters. The average molecular weight is 504 g/mol. The van der Waals surface area contributed by atoms with E-state index in [2.05, 4.69) is 16.0 Å². The summed E-state index contributed by atoms with van der Waals surface area (Å²) in [5.41, 5.74) is -0.0610. The summed E-state index contributed by atoms with van der Waals surface area (Å²) in [4.78, 5) is 51.8. The van der Waals surface area contributed by atoms with Gasteiger partial charge in [-0.1, -0.05) is 58.0 Å². The number of rotatable bonds is 14. The van der Waals surface area contributed by atoms with Crippen molar-refractivity contribution in [2.75, 3.05) is 6.61 Å². The number of aliphatic hydroxyl groups excluding tert-OH is 1. The van der Waals surface area contributed by atoms with E-state index in [1.54, 1.807) is 6.92 Å². The smallest absolute Gasteiger partial charge is 0.249 e. The normalized spacial score (nSPS) is 20.2. The minimum absolute atomic E-state index is 0.0729. The molecule has 1 heterocycles. The van der Waals surface area contributed by atoms with E-state index in [-0.39, 0.29) is 24.0 Å². The number of hydrogen-bond acceptors (Lipinski definition) is 6. The van der Waals surface area contributed by atoms with Crippen molar-refractivity contribution in [3.05, 3.63) is 35.9 Å². The molecule has 2 rings (SSSR count). The quantitative estimate of drug-likeness (QED) is 0.284. The highest BCUT2D eigenvalue weighted by Gasteiger charge is 2.50. The number of carbonyl (C=O) groups is 4. The fourth-order valence-electron chi connectivity index (χ4n) is 3.92. The first-order chi connectivity index (χ1) is 16.8. The monoisotopic (exact) mass is 503 g/mol. The SMILES string of the molecule is CC(C)CC(NC(=O)[C@H](C)O)C(=O)N[C@@H](Cc1ccccc1)C(=O)NC(CC(C)C)C(=O)[C@@]1(C)CO1. The lowest BCUT2D eigenvalue weighted by atomic mass is 9.93. The van der Waals surface area contributed by atoms with E-state index in [9.17, 15) is 24.3 Å². The second-order valence-electron chi connectivity index (χ2n) is 10.7. The van der Waals surface area contributed by atoms with Crippen molar-refractivity contribution in [2.45, 2.75) is 90.6 Å². The number of Topliss-reactive ketones (excluding diaryl/α,β-unsaturated/α-hetero) is 1. The Hall–Kier alpha value is -2.78. The van der Waals surface area contributed by atoms with Gasteiger partial charge in [-0.3, -0.25) is 19.2 Å². The van der Waals surface area contributed by atoms with Gasteiger partial charge in [-0.15, -0.1) is 0 Å². The summed E-state index contributed by atoms with van der Waals surface area (Å²) in [5.74, 6) is -1.64. The van der Waals surface area contributed by atoms with E-state index in [0.717, 1.165) is 5.56 Å². The fourth-order valence-corrected chi connectivity index (χ4v) is 3.92. The van der Waals surface area contributed by atoms with E-state index in [4.69, 9.17) is 4.74 Å². The first kappa shape index (κ1) is 29.5. The summed E-state index contributed by atoms with van der Waals surface area (Å²) in [6.45, 7) is 11.1. The highest BCUT2D eigenvalue weighted by atomic mass is 16.6. The molecule has 9 nitrogen and oxygen atoms in total. The number of epoxide rings is 1. The van der Waals surface area contributed by atoms with Gasteiger partial charge in [-0.2, -0.15) is 0 Å². The van der Waals surface area contributed by atoms with Gasteiger partial charge < -0.3 is 25.8 Å². The Bertz CT molecular complexity index is 911. The molecule has 1 saturated heterocycles. The third-order valence-electron chi connectivity index (χ3n) is 6.07. The van der Waals surface area contributed by atoms with Gasteiger partial charge in [0.25, 0.3) is 0 Å². The van der Waals surface area contributed by atoms with Gasteiger partial charge in [0.05, 0.1) is 12.6 Å². The molecule has 1 fully saturated rings. The predicted molar refractivity (Wildman–Crippen MR) is 136 cm³/mol. The lowest BCUT2D eigenvalue weighted by Gasteiger charge is -2.27. The summed E-state index contributed by atoms with van der Waals surface area (Å²) >= 11 is 0. The average Bonchev–Trinajstić information content (AvgIpc) is 3.55. The molecule has 0 radical (unpaired) electrons. The predicted octanol–water partition coefficient (Wildman–Crippen LogP) is 1.51. The van der Waals surface area contributed by atoms with Crippen LogP contribution in [0.5, 0.6) is 0 Å². The van der Waals surface area contributed by atoms with Crippen LogP contribution in [0.25, 0.3) is 0 Å². The maximum atomic E-state index is 13.5. The summed E-state index contributed by atoms with van der Waals surface area (Å²) in [6.07, 6.45) is -0.304. The van der Waals surface area contributed by atoms with Crippen LogP contribution in [0, 0.1) is 11.8 Å². The number of aliphatic hydroxyl groups is 1. The van der Waals surface area contributed by atoms with Crippen molar-refractivity contribution < 1.29 is 29.0 Å². The van der Waals surface area contributed by atoms with Crippen molar-refractivity contribution in [3.8, 4) is 0 Å². The third-order valence-corrected chi connectivity index (χ3v) is 6.07. The van der Waals surface area contributed by atoms with Crippen LogP contribution in [0.2, 0.25) is 0 Å². The minimum atomic E-state index is -1.27. The van der Waals surface area contributed by atoms with E-state index < -0.39 is 47.6 Å². The number of hydrogen-bond donors (Lipinski definition) is 4. The lowest BCUT2D eigenvalue weighted by molar-refractivity contribution is -0.136. The Labute approximate surface area is 213 Å². The molecule has 3 amide bonds. The van der Waals surface area contributed by atoms with Gasteiger partial charge in [-0.25, -0.2) is 0 Å². The van der Waals surface area contributed by atoms with Crippen molar-refractivity contribution in [1.29, 1.82) is 0 Å². The minimum Gasteiger partial charge on any atom is -0.384 e.